The molecule has 0 unspecified atom stereocenters. The average Bonchev–Trinajstić information content (AvgIpc) is 2.96. The van der Waals surface area contributed by atoms with Gasteiger partial charge in [0.25, 0.3) is 5.69 Å². The van der Waals surface area contributed by atoms with Gasteiger partial charge in [-0.05, 0) is 64.6 Å². The van der Waals surface area contributed by atoms with Crippen LogP contribution in [0.25, 0.3) is 6.08 Å². The molecule has 2 aromatic carbocycles. The highest BCUT2D eigenvalue weighted by Crippen LogP contribution is 2.18. The third kappa shape index (κ3) is 4.18. The summed E-state index contributed by atoms with van der Waals surface area (Å²) in [4.78, 5) is 26.3. The molecule has 0 saturated carbocycles. The second-order valence-electron chi connectivity index (χ2n) is 5.08. The van der Waals surface area contributed by atoms with Crippen LogP contribution in [0.15, 0.2) is 71.4 Å². The van der Waals surface area contributed by atoms with Crippen molar-refractivity contribution in [2.45, 2.75) is 0 Å². The normalized spacial score (nSPS) is 15.5. The van der Waals surface area contributed by atoms with Crippen molar-refractivity contribution in [1.29, 1.82) is 0 Å². The highest BCUT2D eigenvalue weighted by atomic mass is 127. The van der Waals surface area contributed by atoms with Gasteiger partial charge in [-0.2, -0.15) is 0 Å². The lowest BCUT2D eigenvalue weighted by Crippen LogP contribution is -2.05. The number of nitro benzene ring substituents is 1. The van der Waals surface area contributed by atoms with E-state index in [0.717, 1.165) is 14.7 Å². The molecule has 0 amide bonds. The standard InChI is InChI=1S/C18H11IN2O4/c19-14-5-2-4-13(11-14)17-20-16(18(22)25-17)6-1-3-12-7-9-15(10-8-12)21(23)24/h1-11H/b3-1+,16-6-. The topological polar surface area (TPSA) is 81.8 Å². The summed E-state index contributed by atoms with van der Waals surface area (Å²) in [6, 6.07) is 13.6. The minimum atomic E-state index is -0.512. The number of non-ortho nitro benzene ring substituents is 1. The summed E-state index contributed by atoms with van der Waals surface area (Å²) >= 11 is 2.17. The van der Waals surface area contributed by atoms with Gasteiger partial charge in [0.05, 0.1) is 4.92 Å². The van der Waals surface area contributed by atoms with Gasteiger partial charge in [-0.25, -0.2) is 9.79 Å². The lowest BCUT2D eigenvalue weighted by atomic mass is 10.2. The number of aliphatic imine (C=N–C) groups is 1. The zero-order chi connectivity index (χ0) is 17.8. The SMILES string of the molecule is O=C1OC(c2cccc(I)c2)=N/C1=C\C=C\c1ccc([N+](=O)[O-])cc1. The molecule has 1 aliphatic heterocycles. The molecule has 0 spiro atoms. The van der Waals surface area contributed by atoms with Crippen molar-refractivity contribution in [1.82, 2.24) is 0 Å². The van der Waals surface area contributed by atoms with Gasteiger partial charge in [0.15, 0.2) is 5.70 Å². The Balaban J connectivity index is 1.76. The molecule has 6 nitrogen and oxygen atoms in total. The molecule has 0 atom stereocenters. The molecule has 0 bridgehead atoms. The minimum absolute atomic E-state index is 0.0293. The zero-order valence-electron chi connectivity index (χ0n) is 12.8. The first-order chi connectivity index (χ1) is 12.0. The average molecular weight is 446 g/mol. The summed E-state index contributed by atoms with van der Waals surface area (Å²) in [5.41, 5.74) is 1.74. The van der Waals surface area contributed by atoms with Crippen LogP contribution in [0.3, 0.4) is 0 Å². The van der Waals surface area contributed by atoms with Crippen LogP contribution in [0.1, 0.15) is 11.1 Å². The Bertz CT molecular complexity index is 930. The van der Waals surface area contributed by atoms with E-state index in [4.69, 9.17) is 4.74 Å². The highest BCUT2D eigenvalue weighted by Gasteiger charge is 2.23. The van der Waals surface area contributed by atoms with Gasteiger partial charge in [0.1, 0.15) is 0 Å². The quantitative estimate of drug-likeness (QED) is 0.233. The Labute approximate surface area is 156 Å². The van der Waals surface area contributed by atoms with Crippen LogP contribution in [-0.4, -0.2) is 16.8 Å². The Morgan fingerprint density at radius 2 is 1.92 bits per heavy atom. The molecule has 124 valence electrons. The van der Waals surface area contributed by atoms with Gasteiger partial charge >= 0.3 is 5.97 Å². The van der Waals surface area contributed by atoms with Gasteiger partial charge in [0, 0.05) is 21.3 Å². The maximum atomic E-state index is 11.9. The molecule has 1 heterocycles. The van der Waals surface area contributed by atoms with Gasteiger partial charge in [-0.15, -0.1) is 0 Å². The first-order valence-electron chi connectivity index (χ1n) is 7.22. The van der Waals surface area contributed by atoms with Crippen molar-refractivity contribution in [2.24, 2.45) is 4.99 Å². The summed E-state index contributed by atoms with van der Waals surface area (Å²) < 4.78 is 6.21. The number of carbonyl (C=O) groups excluding carboxylic acids is 1. The van der Waals surface area contributed by atoms with Crippen LogP contribution in [0, 0.1) is 13.7 Å². The highest BCUT2D eigenvalue weighted by molar-refractivity contribution is 14.1. The smallest absolute Gasteiger partial charge is 0.363 e. The number of cyclic esters (lactones) is 1. The molecule has 0 saturated heterocycles. The van der Waals surface area contributed by atoms with Gasteiger partial charge in [-0.1, -0.05) is 18.2 Å². The number of esters is 1. The molecule has 3 rings (SSSR count). The van der Waals surface area contributed by atoms with E-state index in [2.05, 4.69) is 27.6 Å². The van der Waals surface area contributed by atoms with E-state index in [-0.39, 0.29) is 17.3 Å². The molecular formula is C18H11IN2O4. The second-order valence-corrected chi connectivity index (χ2v) is 6.32. The minimum Gasteiger partial charge on any atom is -0.402 e. The third-order valence-electron chi connectivity index (χ3n) is 3.34. The number of halogens is 1. The van der Waals surface area contributed by atoms with Gasteiger partial charge < -0.3 is 4.74 Å². The number of ether oxygens (including phenoxy) is 1. The Hall–Kier alpha value is -2.81. The molecule has 2 aromatic rings. The van der Waals surface area contributed by atoms with Crippen molar-refractivity contribution in [3.63, 3.8) is 0 Å². The fourth-order valence-electron chi connectivity index (χ4n) is 2.13. The Morgan fingerprint density at radius 3 is 2.60 bits per heavy atom. The molecular weight excluding hydrogens is 435 g/mol. The number of nitrogens with zero attached hydrogens (tertiary/aromatic N) is 2. The summed E-state index contributed by atoms with van der Waals surface area (Å²) in [6.07, 6.45) is 4.92. The molecule has 0 fully saturated rings. The van der Waals surface area contributed by atoms with Crippen molar-refractivity contribution in [2.75, 3.05) is 0 Å². The maximum absolute atomic E-state index is 11.9. The first kappa shape index (κ1) is 17.0. The number of allylic oxidation sites excluding steroid dienone is 2. The molecule has 25 heavy (non-hydrogen) atoms. The predicted molar refractivity (Wildman–Crippen MR) is 102 cm³/mol. The number of benzene rings is 2. The summed E-state index contributed by atoms with van der Waals surface area (Å²) in [6.45, 7) is 0. The summed E-state index contributed by atoms with van der Waals surface area (Å²) in [5.74, 6) is -0.235. The largest absolute Gasteiger partial charge is 0.402 e. The predicted octanol–water partition coefficient (Wildman–Crippen LogP) is 4.10. The van der Waals surface area contributed by atoms with Crippen LogP contribution < -0.4 is 0 Å². The van der Waals surface area contributed by atoms with E-state index < -0.39 is 10.9 Å². The Morgan fingerprint density at radius 1 is 1.16 bits per heavy atom. The number of rotatable bonds is 4. The van der Waals surface area contributed by atoms with Gasteiger partial charge in [-0.3, -0.25) is 10.1 Å². The molecule has 0 N–H and O–H groups in total. The van der Waals surface area contributed by atoms with Crippen LogP contribution >= 0.6 is 22.6 Å². The maximum Gasteiger partial charge on any atom is 0.363 e. The Kier molecular flexibility index (Phi) is 5.03. The van der Waals surface area contributed by atoms with E-state index in [1.807, 2.05) is 24.3 Å². The van der Waals surface area contributed by atoms with Crippen LogP contribution in [-0.2, 0) is 9.53 Å². The number of hydrogen-bond acceptors (Lipinski definition) is 5. The first-order valence-corrected chi connectivity index (χ1v) is 8.30. The van der Waals surface area contributed by atoms with Crippen molar-refractivity contribution >= 4 is 46.2 Å². The fourth-order valence-corrected chi connectivity index (χ4v) is 2.67. The number of hydrogen-bond donors (Lipinski definition) is 0. The molecule has 0 radical (unpaired) electrons. The third-order valence-corrected chi connectivity index (χ3v) is 4.01. The van der Waals surface area contributed by atoms with E-state index in [0.29, 0.717) is 0 Å². The molecule has 1 aliphatic rings. The molecule has 0 aliphatic carbocycles. The number of carbonyl (C=O) groups is 1. The fraction of sp³-hybridized carbons (Fsp3) is 0. The van der Waals surface area contributed by atoms with Crippen LogP contribution in [0.4, 0.5) is 5.69 Å². The van der Waals surface area contributed by atoms with Gasteiger partial charge in [0.2, 0.25) is 5.90 Å². The molecule has 7 heteroatoms. The van der Waals surface area contributed by atoms with Crippen LogP contribution in [0.5, 0.6) is 0 Å². The lowest BCUT2D eigenvalue weighted by Gasteiger charge is -1.99. The zero-order valence-corrected chi connectivity index (χ0v) is 14.9. The van der Waals surface area contributed by atoms with Crippen molar-refractivity contribution < 1.29 is 14.5 Å². The van der Waals surface area contributed by atoms with Crippen LogP contribution in [0.2, 0.25) is 0 Å². The van der Waals surface area contributed by atoms with Crippen molar-refractivity contribution in [3.8, 4) is 0 Å². The second kappa shape index (κ2) is 7.39. The van der Waals surface area contributed by atoms with Crippen molar-refractivity contribution in [3.05, 3.63) is 91.2 Å². The van der Waals surface area contributed by atoms with E-state index in [9.17, 15) is 14.9 Å². The number of nitro groups is 1. The lowest BCUT2D eigenvalue weighted by molar-refractivity contribution is -0.384. The summed E-state index contributed by atoms with van der Waals surface area (Å²) in [5, 5.41) is 10.6. The van der Waals surface area contributed by atoms with E-state index >= 15 is 0 Å². The van der Waals surface area contributed by atoms with E-state index in [1.165, 1.54) is 12.1 Å². The van der Waals surface area contributed by atoms with E-state index in [1.54, 1.807) is 30.4 Å². The summed E-state index contributed by atoms with van der Waals surface area (Å²) in [7, 11) is 0. The molecule has 0 aromatic heterocycles. The monoisotopic (exact) mass is 446 g/mol.